The maximum atomic E-state index is 5.34. The van der Waals surface area contributed by atoms with Gasteiger partial charge in [-0.15, -0.1) is 0 Å². The van der Waals surface area contributed by atoms with E-state index < -0.39 is 0 Å². The smallest absolute Gasteiger partial charge is 0.181 e. The van der Waals surface area contributed by atoms with E-state index in [4.69, 9.17) is 18.1 Å². The van der Waals surface area contributed by atoms with Gasteiger partial charge in [-0.1, -0.05) is 13.8 Å². The Kier molecular flexibility index (Phi) is 2.47. The zero-order valence-corrected chi connectivity index (χ0v) is 10.6. The van der Waals surface area contributed by atoms with Crippen LogP contribution in [0.2, 0.25) is 0 Å². The molecule has 0 heterocycles. The third-order valence-electron chi connectivity index (χ3n) is 5.11. The molecule has 3 atom stereocenters. The van der Waals surface area contributed by atoms with E-state index in [9.17, 15) is 0 Å². The fourth-order valence-electron chi connectivity index (χ4n) is 3.65. The quantitative estimate of drug-likeness (QED) is 0.361. The molecular weight excluding hydrogens is 206 g/mol. The lowest BCUT2D eigenvalue weighted by molar-refractivity contribution is 0.0833. The molecule has 2 saturated carbocycles. The minimum absolute atomic E-state index is 0.0966. The van der Waals surface area contributed by atoms with Crippen LogP contribution < -0.4 is 16.6 Å². The van der Waals surface area contributed by atoms with Gasteiger partial charge >= 0.3 is 0 Å². The molecule has 0 spiro atoms. The summed E-state index contributed by atoms with van der Waals surface area (Å²) in [5.41, 5.74) is 2.93. The molecule has 2 aliphatic carbocycles. The molecule has 15 heavy (non-hydrogen) atoms. The molecule has 86 valence electrons. The minimum Gasteiger partial charge on any atom is -0.356 e. The molecule has 2 bridgehead atoms. The van der Waals surface area contributed by atoms with Crippen molar-refractivity contribution in [2.24, 2.45) is 23.1 Å². The summed E-state index contributed by atoms with van der Waals surface area (Å²) in [6.45, 7) is 6.99. The van der Waals surface area contributed by atoms with Crippen LogP contribution in [-0.4, -0.2) is 10.7 Å². The number of nitrogens with two attached hydrogens (primary N) is 1. The molecule has 0 aromatic heterocycles. The maximum absolute atomic E-state index is 5.34. The lowest BCUT2D eigenvalue weighted by atomic mass is 9.64. The molecule has 3 unspecified atom stereocenters. The maximum Gasteiger partial charge on any atom is 0.181 e. The molecule has 0 amide bonds. The van der Waals surface area contributed by atoms with Crippen LogP contribution in [0.15, 0.2) is 0 Å². The average Bonchev–Trinajstić information content (AvgIpc) is 2.70. The van der Waals surface area contributed by atoms with Gasteiger partial charge in [-0.3, -0.25) is 0 Å². The Balaban J connectivity index is 2.23. The van der Waals surface area contributed by atoms with Crippen LogP contribution in [0.4, 0.5) is 0 Å². The Hall–Kier alpha value is -0.350. The van der Waals surface area contributed by atoms with E-state index in [-0.39, 0.29) is 5.54 Å². The molecule has 4 N–H and O–H groups in total. The average molecular weight is 227 g/mol. The molecule has 0 aliphatic heterocycles. The number of hydrazine groups is 1. The van der Waals surface area contributed by atoms with Crippen molar-refractivity contribution < 1.29 is 0 Å². The summed E-state index contributed by atoms with van der Waals surface area (Å²) in [5, 5.41) is 3.99. The number of fused-ring (bicyclic) bond motifs is 2. The minimum atomic E-state index is 0.0966. The van der Waals surface area contributed by atoms with Crippen LogP contribution in [0.25, 0.3) is 0 Å². The number of hydrogen-bond acceptors (Lipinski definition) is 2. The topological polar surface area (TPSA) is 50.1 Å². The van der Waals surface area contributed by atoms with E-state index in [1.807, 2.05) is 0 Å². The van der Waals surface area contributed by atoms with Crippen LogP contribution >= 0.6 is 12.2 Å². The van der Waals surface area contributed by atoms with Crippen molar-refractivity contribution in [3.8, 4) is 0 Å². The lowest BCUT2D eigenvalue weighted by Crippen LogP contribution is -2.61. The lowest BCUT2D eigenvalue weighted by Gasteiger charge is -2.48. The van der Waals surface area contributed by atoms with Crippen molar-refractivity contribution in [2.75, 3.05) is 0 Å². The predicted molar refractivity (Wildman–Crippen MR) is 66.1 cm³/mol. The highest BCUT2D eigenvalue weighted by atomic mass is 32.1. The van der Waals surface area contributed by atoms with E-state index >= 15 is 0 Å². The van der Waals surface area contributed by atoms with E-state index in [2.05, 4.69) is 31.5 Å². The zero-order chi connectivity index (χ0) is 11.3. The molecule has 0 aromatic carbocycles. The van der Waals surface area contributed by atoms with Crippen LogP contribution in [0.5, 0.6) is 0 Å². The zero-order valence-electron chi connectivity index (χ0n) is 9.76. The standard InChI is InChI=1S/C11H21N3S/c1-10(2)7-4-5-8(6-7)11(10,3)13-9(15)14-12/h7-8H,4-6,12H2,1-3H3,(H2,13,14,15). The van der Waals surface area contributed by atoms with Gasteiger partial charge in [0, 0.05) is 5.54 Å². The first kappa shape index (κ1) is 11.1. The van der Waals surface area contributed by atoms with Gasteiger partial charge in [-0.05, 0) is 55.7 Å². The number of hydrogen-bond donors (Lipinski definition) is 3. The third-order valence-corrected chi connectivity index (χ3v) is 5.33. The Morgan fingerprint density at radius 3 is 2.33 bits per heavy atom. The third kappa shape index (κ3) is 1.38. The van der Waals surface area contributed by atoms with Gasteiger partial charge in [-0.25, -0.2) is 5.84 Å². The fourth-order valence-corrected chi connectivity index (χ4v) is 3.86. The molecule has 4 heteroatoms. The van der Waals surface area contributed by atoms with Gasteiger partial charge in [-0.2, -0.15) is 0 Å². The van der Waals surface area contributed by atoms with Crippen LogP contribution in [0.3, 0.4) is 0 Å². The summed E-state index contributed by atoms with van der Waals surface area (Å²) in [7, 11) is 0. The first-order valence-electron chi connectivity index (χ1n) is 5.70. The summed E-state index contributed by atoms with van der Waals surface area (Å²) >= 11 is 5.13. The summed E-state index contributed by atoms with van der Waals surface area (Å²) in [5.74, 6) is 6.92. The second-order valence-corrected chi connectivity index (χ2v) is 6.14. The van der Waals surface area contributed by atoms with Crippen LogP contribution in [0, 0.1) is 17.3 Å². The SMILES string of the molecule is CC1(C)C2CCC(C2)C1(C)NC(=S)NN. The summed E-state index contributed by atoms with van der Waals surface area (Å²) in [4.78, 5) is 0. The molecule has 0 radical (unpaired) electrons. The van der Waals surface area contributed by atoms with Gasteiger partial charge in [0.25, 0.3) is 0 Å². The van der Waals surface area contributed by atoms with Gasteiger partial charge in [0.1, 0.15) is 0 Å². The van der Waals surface area contributed by atoms with E-state index in [0.29, 0.717) is 10.5 Å². The first-order valence-corrected chi connectivity index (χ1v) is 6.11. The second-order valence-electron chi connectivity index (χ2n) is 5.73. The van der Waals surface area contributed by atoms with Gasteiger partial charge in [0.15, 0.2) is 5.11 Å². The molecular formula is C11H21N3S. The monoisotopic (exact) mass is 227 g/mol. The van der Waals surface area contributed by atoms with Crippen LogP contribution in [0.1, 0.15) is 40.0 Å². The van der Waals surface area contributed by atoms with Crippen LogP contribution in [-0.2, 0) is 0 Å². The van der Waals surface area contributed by atoms with E-state index in [1.165, 1.54) is 19.3 Å². The molecule has 3 nitrogen and oxygen atoms in total. The number of rotatable bonds is 1. The van der Waals surface area contributed by atoms with Crippen molar-refractivity contribution in [3.63, 3.8) is 0 Å². The molecule has 0 saturated heterocycles. The summed E-state index contributed by atoms with van der Waals surface area (Å²) in [6, 6.07) is 0. The van der Waals surface area contributed by atoms with Crippen molar-refractivity contribution in [1.29, 1.82) is 0 Å². The van der Waals surface area contributed by atoms with Crippen molar-refractivity contribution in [2.45, 2.75) is 45.6 Å². The molecule has 0 aromatic rings. The Morgan fingerprint density at radius 1 is 1.27 bits per heavy atom. The largest absolute Gasteiger partial charge is 0.356 e. The highest BCUT2D eigenvalue weighted by molar-refractivity contribution is 7.80. The Labute approximate surface area is 97.1 Å². The highest BCUT2D eigenvalue weighted by Crippen LogP contribution is 2.61. The Bertz CT molecular complexity index is 290. The van der Waals surface area contributed by atoms with Gasteiger partial charge in [0.2, 0.25) is 0 Å². The van der Waals surface area contributed by atoms with Crippen molar-refractivity contribution in [3.05, 3.63) is 0 Å². The van der Waals surface area contributed by atoms with Crippen molar-refractivity contribution >= 4 is 17.3 Å². The number of nitrogens with one attached hydrogen (secondary N) is 2. The fraction of sp³-hybridized carbons (Fsp3) is 0.909. The normalized spacial score (nSPS) is 41.6. The Morgan fingerprint density at radius 2 is 1.87 bits per heavy atom. The summed E-state index contributed by atoms with van der Waals surface area (Å²) < 4.78 is 0. The van der Waals surface area contributed by atoms with E-state index in [0.717, 1.165) is 11.8 Å². The second kappa shape index (κ2) is 3.32. The van der Waals surface area contributed by atoms with Gasteiger partial charge < -0.3 is 10.7 Å². The molecule has 2 fully saturated rings. The van der Waals surface area contributed by atoms with Crippen molar-refractivity contribution in [1.82, 2.24) is 10.7 Å². The van der Waals surface area contributed by atoms with Gasteiger partial charge in [0.05, 0.1) is 0 Å². The molecule has 2 aliphatic rings. The van der Waals surface area contributed by atoms with E-state index in [1.54, 1.807) is 0 Å². The molecule has 2 rings (SSSR count). The summed E-state index contributed by atoms with van der Waals surface area (Å²) in [6.07, 6.45) is 4.03. The predicted octanol–water partition coefficient (Wildman–Crippen LogP) is 1.54. The highest BCUT2D eigenvalue weighted by Gasteiger charge is 2.60. The number of thiocarbonyl (C=S) groups is 1. The first-order chi connectivity index (χ1) is 6.91.